The van der Waals surface area contributed by atoms with Crippen LogP contribution in [0.3, 0.4) is 0 Å². The first-order valence-electron chi connectivity index (χ1n) is 6.60. The van der Waals surface area contributed by atoms with Crippen LogP contribution in [-0.2, 0) is 4.74 Å². The molecular formula is C13H22N4O. The average molecular weight is 250 g/mol. The number of nitrogens with zero attached hydrogens (tertiary/aromatic N) is 3. The van der Waals surface area contributed by atoms with Gasteiger partial charge in [0.25, 0.3) is 0 Å². The summed E-state index contributed by atoms with van der Waals surface area (Å²) in [5.41, 5.74) is 1.11. The Morgan fingerprint density at radius 1 is 1.50 bits per heavy atom. The van der Waals surface area contributed by atoms with Gasteiger partial charge in [0.15, 0.2) is 0 Å². The first kappa shape index (κ1) is 13.1. The molecule has 1 saturated heterocycles. The highest BCUT2D eigenvalue weighted by Crippen LogP contribution is 2.24. The fourth-order valence-corrected chi connectivity index (χ4v) is 2.22. The summed E-state index contributed by atoms with van der Waals surface area (Å²) in [4.78, 5) is 10.9. The molecule has 0 aromatic carbocycles. The number of ether oxygens (including phenoxy) is 1. The summed E-state index contributed by atoms with van der Waals surface area (Å²) < 4.78 is 5.43. The molecule has 1 atom stereocenters. The number of nitrogens with one attached hydrogen (secondary N) is 1. The number of likely N-dealkylation sites (N-methyl/N-ethyl adjacent to an activating group) is 1. The molecule has 5 heteroatoms. The van der Waals surface area contributed by atoms with E-state index in [0.717, 1.165) is 49.8 Å². The Kier molecular flexibility index (Phi) is 4.36. The van der Waals surface area contributed by atoms with Crippen LogP contribution in [0, 0.1) is 6.92 Å². The van der Waals surface area contributed by atoms with Crippen LogP contribution in [0.2, 0.25) is 0 Å². The van der Waals surface area contributed by atoms with Gasteiger partial charge < -0.3 is 15.0 Å². The fourth-order valence-electron chi connectivity index (χ4n) is 2.22. The van der Waals surface area contributed by atoms with Gasteiger partial charge in [-0.2, -0.15) is 0 Å². The summed E-state index contributed by atoms with van der Waals surface area (Å²) in [6.45, 7) is 6.79. The maximum atomic E-state index is 5.43. The molecule has 0 bridgehead atoms. The lowest BCUT2D eigenvalue weighted by atomic mass is 10.2. The second-order valence-electron chi connectivity index (χ2n) is 4.73. The van der Waals surface area contributed by atoms with E-state index in [4.69, 9.17) is 4.74 Å². The molecule has 5 nitrogen and oxygen atoms in total. The van der Waals surface area contributed by atoms with Crippen LogP contribution in [0.4, 0.5) is 11.6 Å². The second-order valence-corrected chi connectivity index (χ2v) is 4.73. The fraction of sp³-hybridized carbons (Fsp3) is 0.692. The maximum absolute atomic E-state index is 5.43. The molecule has 0 aliphatic carbocycles. The van der Waals surface area contributed by atoms with Gasteiger partial charge in [-0.3, -0.25) is 0 Å². The molecule has 0 radical (unpaired) electrons. The van der Waals surface area contributed by atoms with E-state index in [0.29, 0.717) is 6.04 Å². The Morgan fingerprint density at radius 3 is 3.00 bits per heavy atom. The number of hydrogen-bond donors (Lipinski definition) is 1. The maximum Gasteiger partial charge on any atom is 0.137 e. The summed E-state index contributed by atoms with van der Waals surface area (Å²) in [5, 5.41) is 3.34. The first-order chi connectivity index (χ1) is 8.74. The standard InChI is InChI=1S/C13H22N4O/c1-4-6-14-12-10(2)13(16-9-15-12)17(3)11-5-7-18-8-11/h9,11H,4-8H2,1-3H3,(H,14,15,16). The van der Waals surface area contributed by atoms with Crippen molar-refractivity contribution >= 4 is 11.6 Å². The normalized spacial score (nSPS) is 18.9. The van der Waals surface area contributed by atoms with Crippen molar-refractivity contribution < 1.29 is 4.74 Å². The Labute approximate surface area is 109 Å². The van der Waals surface area contributed by atoms with Gasteiger partial charge in [-0.05, 0) is 19.8 Å². The van der Waals surface area contributed by atoms with Crippen molar-refractivity contribution in [3.05, 3.63) is 11.9 Å². The Bertz CT molecular complexity index is 391. The highest BCUT2D eigenvalue weighted by molar-refractivity contribution is 5.58. The topological polar surface area (TPSA) is 50.3 Å². The predicted molar refractivity (Wildman–Crippen MR) is 73.2 cm³/mol. The van der Waals surface area contributed by atoms with E-state index in [1.54, 1.807) is 6.33 Å². The van der Waals surface area contributed by atoms with Crippen LogP contribution in [0.15, 0.2) is 6.33 Å². The molecule has 1 aliphatic rings. The third kappa shape index (κ3) is 2.72. The number of rotatable bonds is 5. The molecule has 0 saturated carbocycles. The molecule has 18 heavy (non-hydrogen) atoms. The quantitative estimate of drug-likeness (QED) is 0.864. The monoisotopic (exact) mass is 250 g/mol. The summed E-state index contributed by atoms with van der Waals surface area (Å²) in [6, 6.07) is 0.428. The zero-order chi connectivity index (χ0) is 13.0. The summed E-state index contributed by atoms with van der Waals surface area (Å²) in [7, 11) is 2.08. The largest absolute Gasteiger partial charge is 0.379 e. The van der Waals surface area contributed by atoms with Crippen molar-refractivity contribution in [1.29, 1.82) is 0 Å². The van der Waals surface area contributed by atoms with Crippen LogP contribution < -0.4 is 10.2 Å². The van der Waals surface area contributed by atoms with Crippen LogP contribution in [0.5, 0.6) is 0 Å². The van der Waals surface area contributed by atoms with Crippen molar-refractivity contribution in [3.63, 3.8) is 0 Å². The van der Waals surface area contributed by atoms with E-state index in [1.807, 2.05) is 0 Å². The van der Waals surface area contributed by atoms with Crippen LogP contribution in [0.25, 0.3) is 0 Å². The van der Waals surface area contributed by atoms with E-state index < -0.39 is 0 Å². The van der Waals surface area contributed by atoms with Crippen LogP contribution in [0.1, 0.15) is 25.3 Å². The van der Waals surface area contributed by atoms with E-state index in [9.17, 15) is 0 Å². The third-order valence-electron chi connectivity index (χ3n) is 3.39. The highest BCUT2D eigenvalue weighted by Gasteiger charge is 2.23. The van der Waals surface area contributed by atoms with E-state index >= 15 is 0 Å². The van der Waals surface area contributed by atoms with Crippen molar-refractivity contribution in [2.45, 2.75) is 32.7 Å². The molecule has 1 aromatic heterocycles. The van der Waals surface area contributed by atoms with Gasteiger partial charge >= 0.3 is 0 Å². The second kappa shape index (κ2) is 6.00. The number of aromatic nitrogens is 2. The molecule has 2 rings (SSSR count). The minimum Gasteiger partial charge on any atom is -0.379 e. The third-order valence-corrected chi connectivity index (χ3v) is 3.39. The van der Waals surface area contributed by atoms with Gasteiger partial charge in [0.2, 0.25) is 0 Å². The number of anilines is 2. The first-order valence-corrected chi connectivity index (χ1v) is 6.60. The average Bonchev–Trinajstić information content (AvgIpc) is 2.91. The molecule has 1 aromatic rings. The molecule has 2 heterocycles. The van der Waals surface area contributed by atoms with Gasteiger partial charge in [0, 0.05) is 25.8 Å². The SMILES string of the molecule is CCCNc1ncnc(N(C)C2CCOC2)c1C. The van der Waals surface area contributed by atoms with Crippen LogP contribution in [-0.4, -0.2) is 42.8 Å². The van der Waals surface area contributed by atoms with Gasteiger partial charge in [0.05, 0.1) is 12.6 Å². The van der Waals surface area contributed by atoms with Crippen molar-refractivity contribution in [2.24, 2.45) is 0 Å². The Balaban J connectivity index is 2.16. The zero-order valence-corrected chi connectivity index (χ0v) is 11.4. The van der Waals surface area contributed by atoms with Crippen molar-refractivity contribution in [1.82, 2.24) is 9.97 Å². The molecule has 1 N–H and O–H groups in total. The minimum absolute atomic E-state index is 0.428. The summed E-state index contributed by atoms with van der Waals surface area (Å²) in [5.74, 6) is 1.94. The summed E-state index contributed by atoms with van der Waals surface area (Å²) in [6.07, 6.45) is 3.79. The minimum atomic E-state index is 0.428. The number of hydrogen-bond acceptors (Lipinski definition) is 5. The zero-order valence-electron chi connectivity index (χ0n) is 11.4. The van der Waals surface area contributed by atoms with E-state index in [1.165, 1.54) is 0 Å². The molecule has 0 spiro atoms. The smallest absolute Gasteiger partial charge is 0.137 e. The van der Waals surface area contributed by atoms with Gasteiger partial charge in [0.1, 0.15) is 18.0 Å². The lowest BCUT2D eigenvalue weighted by Crippen LogP contribution is -2.33. The summed E-state index contributed by atoms with van der Waals surface area (Å²) >= 11 is 0. The van der Waals surface area contributed by atoms with Crippen LogP contribution >= 0.6 is 0 Å². The molecule has 1 unspecified atom stereocenters. The molecular weight excluding hydrogens is 228 g/mol. The Hall–Kier alpha value is -1.36. The van der Waals surface area contributed by atoms with Gasteiger partial charge in [-0.25, -0.2) is 9.97 Å². The van der Waals surface area contributed by atoms with E-state index in [2.05, 4.69) is 41.1 Å². The lowest BCUT2D eigenvalue weighted by molar-refractivity contribution is 0.193. The van der Waals surface area contributed by atoms with E-state index in [-0.39, 0.29) is 0 Å². The van der Waals surface area contributed by atoms with Gasteiger partial charge in [-0.1, -0.05) is 6.92 Å². The molecule has 1 aliphatic heterocycles. The molecule has 0 amide bonds. The lowest BCUT2D eigenvalue weighted by Gasteiger charge is -2.26. The Morgan fingerprint density at radius 2 is 2.33 bits per heavy atom. The predicted octanol–water partition coefficient (Wildman–Crippen LogP) is 1.83. The van der Waals surface area contributed by atoms with Crippen molar-refractivity contribution in [2.75, 3.05) is 37.0 Å². The molecule has 100 valence electrons. The van der Waals surface area contributed by atoms with Crippen molar-refractivity contribution in [3.8, 4) is 0 Å². The molecule has 1 fully saturated rings. The van der Waals surface area contributed by atoms with Gasteiger partial charge in [-0.15, -0.1) is 0 Å². The highest BCUT2D eigenvalue weighted by atomic mass is 16.5.